The second kappa shape index (κ2) is 3.88. The topological polar surface area (TPSA) is 50.2 Å². The fourth-order valence-corrected chi connectivity index (χ4v) is 1.91. The van der Waals surface area contributed by atoms with Gasteiger partial charge in [-0.1, -0.05) is 6.07 Å². The molecule has 3 nitrogen and oxygen atoms in total. The number of pyridine rings is 1. The van der Waals surface area contributed by atoms with Gasteiger partial charge >= 0.3 is 0 Å². The highest BCUT2D eigenvalue weighted by Gasteiger charge is 2.26. The number of hydrogen-bond donors (Lipinski definition) is 1. The second-order valence-electron chi connectivity index (χ2n) is 3.62. The van der Waals surface area contributed by atoms with Crippen LogP contribution in [0.2, 0.25) is 0 Å². The third kappa shape index (κ3) is 1.68. The van der Waals surface area contributed by atoms with E-state index in [9.17, 15) is 4.79 Å². The number of nitrogens with zero attached hydrogens (tertiary/aromatic N) is 1. The van der Waals surface area contributed by atoms with Gasteiger partial charge in [-0.15, -0.1) is 0 Å². The predicted molar refractivity (Wildman–Crippen MR) is 51.8 cm³/mol. The van der Waals surface area contributed by atoms with Crippen LogP contribution in [0.1, 0.15) is 36.6 Å². The number of aromatic nitrogens is 1. The maximum atomic E-state index is 11.5. The molecule has 1 saturated carbocycles. The molecule has 0 bridgehead atoms. The largest absolute Gasteiger partial charge is 0.390 e. The van der Waals surface area contributed by atoms with E-state index in [2.05, 4.69) is 4.98 Å². The van der Waals surface area contributed by atoms with Gasteiger partial charge in [0.05, 0.1) is 23.9 Å². The molecule has 0 saturated heterocycles. The molecule has 1 aromatic rings. The van der Waals surface area contributed by atoms with Crippen molar-refractivity contribution in [3.05, 3.63) is 29.6 Å². The molecule has 0 radical (unpaired) electrons. The van der Waals surface area contributed by atoms with E-state index in [0.717, 1.165) is 18.5 Å². The summed E-state index contributed by atoms with van der Waals surface area (Å²) in [5.41, 5.74) is 1.46. The minimum absolute atomic E-state index is 0.0264. The molecule has 0 aliphatic heterocycles. The Labute approximate surface area is 82.8 Å². The summed E-state index contributed by atoms with van der Waals surface area (Å²) >= 11 is 0. The van der Waals surface area contributed by atoms with Crippen molar-refractivity contribution in [2.24, 2.45) is 0 Å². The van der Waals surface area contributed by atoms with Crippen molar-refractivity contribution < 1.29 is 9.90 Å². The monoisotopic (exact) mass is 191 g/mol. The summed E-state index contributed by atoms with van der Waals surface area (Å²) in [5, 5.41) is 8.92. The minimum Gasteiger partial charge on any atom is -0.390 e. The molecule has 0 amide bonds. The average Bonchev–Trinajstić information content (AvgIpc) is 2.65. The summed E-state index contributed by atoms with van der Waals surface area (Å²) in [5.74, 6) is 0.258. The average molecular weight is 191 g/mol. The van der Waals surface area contributed by atoms with Crippen LogP contribution >= 0.6 is 0 Å². The molecule has 74 valence electrons. The molecule has 1 fully saturated rings. The highest BCUT2D eigenvalue weighted by Crippen LogP contribution is 2.29. The first-order valence-corrected chi connectivity index (χ1v) is 4.90. The van der Waals surface area contributed by atoms with Gasteiger partial charge in [-0.2, -0.15) is 0 Å². The van der Waals surface area contributed by atoms with E-state index in [1.807, 2.05) is 12.1 Å². The van der Waals surface area contributed by atoms with Gasteiger partial charge in [0.25, 0.3) is 0 Å². The van der Waals surface area contributed by atoms with Crippen LogP contribution in [0.15, 0.2) is 18.2 Å². The van der Waals surface area contributed by atoms with Crippen LogP contribution in [-0.4, -0.2) is 15.9 Å². The Morgan fingerprint density at radius 3 is 3.00 bits per heavy atom. The Hall–Kier alpha value is -1.22. The lowest BCUT2D eigenvalue weighted by Gasteiger charge is -2.07. The number of Topliss-reactive ketones (excluding diaryl/α,β-unsaturated/α-hetero) is 1. The molecule has 1 aliphatic rings. The lowest BCUT2D eigenvalue weighted by molar-refractivity contribution is -0.118. The summed E-state index contributed by atoms with van der Waals surface area (Å²) in [6.07, 6.45) is 2.55. The number of rotatable bonds is 2. The molecule has 0 aromatic carbocycles. The predicted octanol–water partition coefficient (Wildman–Crippen LogP) is 1.41. The highest BCUT2D eigenvalue weighted by atomic mass is 16.3. The van der Waals surface area contributed by atoms with Crippen LogP contribution in [0.25, 0.3) is 0 Å². The number of ketones is 1. The number of carbonyl (C=O) groups is 1. The zero-order valence-electron chi connectivity index (χ0n) is 7.94. The van der Waals surface area contributed by atoms with Crippen molar-refractivity contribution in [3.63, 3.8) is 0 Å². The van der Waals surface area contributed by atoms with Gasteiger partial charge in [0, 0.05) is 6.42 Å². The SMILES string of the molecule is O=C1CCCC1c1cccc(CO)n1. The minimum atomic E-state index is -0.0608. The van der Waals surface area contributed by atoms with Crippen molar-refractivity contribution in [2.75, 3.05) is 0 Å². The van der Waals surface area contributed by atoms with Crippen molar-refractivity contribution in [1.82, 2.24) is 4.98 Å². The quantitative estimate of drug-likeness (QED) is 0.769. The smallest absolute Gasteiger partial charge is 0.141 e. The molecule has 3 heteroatoms. The van der Waals surface area contributed by atoms with E-state index in [1.165, 1.54) is 0 Å². The van der Waals surface area contributed by atoms with Gasteiger partial charge < -0.3 is 5.11 Å². The first-order valence-electron chi connectivity index (χ1n) is 4.90. The van der Waals surface area contributed by atoms with Crippen LogP contribution in [-0.2, 0) is 11.4 Å². The number of aliphatic hydroxyl groups excluding tert-OH is 1. The maximum Gasteiger partial charge on any atom is 0.141 e. The Morgan fingerprint density at radius 1 is 1.50 bits per heavy atom. The molecular weight excluding hydrogens is 178 g/mol. The number of aliphatic hydroxyl groups is 1. The van der Waals surface area contributed by atoms with Gasteiger partial charge in [-0.05, 0) is 25.0 Å². The summed E-state index contributed by atoms with van der Waals surface area (Å²) in [7, 11) is 0. The van der Waals surface area contributed by atoms with E-state index in [4.69, 9.17) is 5.11 Å². The fraction of sp³-hybridized carbons (Fsp3) is 0.455. The molecule has 1 heterocycles. The van der Waals surface area contributed by atoms with E-state index in [-0.39, 0.29) is 18.3 Å². The van der Waals surface area contributed by atoms with Gasteiger partial charge in [-0.25, -0.2) is 0 Å². The zero-order valence-corrected chi connectivity index (χ0v) is 7.94. The van der Waals surface area contributed by atoms with Crippen LogP contribution in [0.4, 0.5) is 0 Å². The van der Waals surface area contributed by atoms with Gasteiger partial charge in [-0.3, -0.25) is 9.78 Å². The Kier molecular flexibility index (Phi) is 2.59. The van der Waals surface area contributed by atoms with Crippen LogP contribution < -0.4 is 0 Å². The fourth-order valence-electron chi connectivity index (χ4n) is 1.91. The molecule has 1 aromatic heterocycles. The second-order valence-corrected chi connectivity index (χ2v) is 3.62. The Bertz CT molecular complexity index is 349. The lowest BCUT2D eigenvalue weighted by Crippen LogP contribution is -2.07. The van der Waals surface area contributed by atoms with Crippen LogP contribution in [0.3, 0.4) is 0 Å². The third-order valence-corrected chi connectivity index (χ3v) is 2.65. The normalized spacial score (nSPS) is 21.5. The molecule has 1 atom stereocenters. The molecule has 1 unspecified atom stereocenters. The van der Waals surface area contributed by atoms with Crippen molar-refractivity contribution in [2.45, 2.75) is 31.8 Å². The van der Waals surface area contributed by atoms with Gasteiger partial charge in [0.1, 0.15) is 5.78 Å². The van der Waals surface area contributed by atoms with Crippen LogP contribution in [0.5, 0.6) is 0 Å². The summed E-state index contributed by atoms with van der Waals surface area (Å²) in [6, 6.07) is 5.48. The van der Waals surface area contributed by atoms with Crippen molar-refractivity contribution in [1.29, 1.82) is 0 Å². The van der Waals surface area contributed by atoms with E-state index in [0.29, 0.717) is 12.1 Å². The maximum absolute atomic E-state index is 11.5. The molecule has 1 aliphatic carbocycles. The summed E-state index contributed by atoms with van der Waals surface area (Å²) < 4.78 is 0. The Morgan fingerprint density at radius 2 is 2.36 bits per heavy atom. The van der Waals surface area contributed by atoms with Gasteiger partial charge in [0.15, 0.2) is 0 Å². The highest BCUT2D eigenvalue weighted by molar-refractivity contribution is 5.87. The third-order valence-electron chi connectivity index (χ3n) is 2.65. The number of carbonyl (C=O) groups excluding carboxylic acids is 1. The van der Waals surface area contributed by atoms with Gasteiger partial charge in [0.2, 0.25) is 0 Å². The Balaban J connectivity index is 2.26. The summed E-state index contributed by atoms with van der Waals surface area (Å²) in [6.45, 7) is -0.0608. The van der Waals surface area contributed by atoms with E-state index in [1.54, 1.807) is 6.07 Å². The first kappa shape index (κ1) is 9.34. The molecule has 2 rings (SSSR count). The summed E-state index contributed by atoms with van der Waals surface area (Å²) in [4.78, 5) is 15.7. The molecular formula is C11H13NO2. The standard InChI is InChI=1S/C11H13NO2/c13-7-8-3-1-5-10(12-8)9-4-2-6-11(9)14/h1,3,5,9,13H,2,4,6-7H2. The first-order chi connectivity index (χ1) is 6.81. The van der Waals surface area contributed by atoms with Crippen LogP contribution in [0, 0.1) is 0 Å². The molecule has 0 spiro atoms. The molecule has 14 heavy (non-hydrogen) atoms. The van der Waals surface area contributed by atoms with Crippen molar-refractivity contribution >= 4 is 5.78 Å². The van der Waals surface area contributed by atoms with Crippen molar-refractivity contribution in [3.8, 4) is 0 Å². The zero-order chi connectivity index (χ0) is 9.97. The molecule has 1 N–H and O–H groups in total. The van der Waals surface area contributed by atoms with E-state index >= 15 is 0 Å². The lowest BCUT2D eigenvalue weighted by atomic mass is 10.0. The van der Waals surface area contributed by atoms with E-state index < -0.39 is 0 Å². The number of hydrogen-bond acceptors (Lipinski definition) is 3.